The first kappa shape index (κ1) is 18.2. The Kier molecular flexibility index (Phi) is 6.58. The molecule has 0 aliphatic heterocycles. The molecular weight excluding hydrogens is 326 g/mol. The molecule has 1 heterocycles. The van der Waals surface area contributed by atoms with Crippen molar-refractivity contribution in [3.8, 4) is 0 Å². The Morgan fingerprint density at radius 3 is 2.71 bits per heavy atom. The zero-order valence-corrected chi connectivity index (χ0v) is 14.8. The van der Waals surface area contributed by atoms with Crippen LogP contribution in [0.15, 0.2) is 48.8 Å². The highest BCUT2D eigenvalue weighted by molar-refractivity contribution is 6.30. The molecule has 2 atom stereocenters. The van der Waals surface area contributed by atoms with Crippen LogP contribution in [-0.2, 0) is 4.74 Å². The summed E-state index contributed by atoms with van der Waals surface area (Å²) < 4.78 is 5.46. The number of rotatable bonds is 6. The summed E-state index contributed by atoms with van der Waals surface area (Å²) in [6.45, 7) is 2.32. The van der Waals surface area contributed by atoms with E-state index in [-0.39, 0.29) is 18.2 Å². The SMILES string of the molecule is CO[C@@H](CNC(=O)N(C)[C@H](C)c1cccnc1)c1cccc(Cl)c1. The summed E-state index contributed by atoms with van der Waals surface area (Å²) in [6, 6.07) is 11.0. The Morgan fingerprint density at radius 2 is 2.08 bits per heavy atom. The Labute approximate surface area is 147 Å². The van der Waals surface area contributed by atoms with Crippen molar-refractivity contribution in [1.29, 1.82) is 0 Å². The Bertz CT molecular complexity index is 666. The lowest BCUT2D eigenvalue weighted by Crippen LogP contribution is -2.40. The van der Waals surface area contributed by atoms with Crippen molar-refractivity contribution in [3.63, 3.8) is 0 Å². The minimum atomic E-state index is -0.255. The van der Waals surface area contributed by atoms with Gasteiger partial charge < -0.3 is 15.0 Å². The number of halogens is 1. The summed E-state index contributed by atoms with van der Waals surface area (Å²) in [7, 11) is 3.37. The van der Waals surface area contributed by atoms with Crippen LogP contribution in [0.4, 0.5) is 4.79 Å². The Hall–Kier alpha value is -2.11. The van der Waals surface area contributed by atoms with E-state index in [1.165, 1.54) is 0 Å². The summed E-state index contributed by atoms with van der Waals surface area (Å²) in [4.78, 5) is 18.1. The highest BCUT2D eigenvalue weighted by atomic mass is 35.5. The minimum Gasteiger partial charge on any atom is -0.375 e. The molecule has 0 spiro atoms. The van der Waals surface area contributed by atoms with Crippen molar-refractivity contribution >= 4 is 17.6 Å². The number of carbonyl (C=O) groups excluding carboxylic acids is 1. The van der Waals surface area contributed by atoms with Gasteiger partial charge in [0.25, 0.3) is 0 Å². The van der Waals surface area contributed by atoms with Crippen LogP contribution < -0.4 is 5.32 Å². The van der Waals surface area contributed by atoms with Gasteiger partial charge in [-0.05, 0) is 36.2 Å². The number of aromatic nitrogens is 1. The van der Waals surface area contributed by atoms with Crippen LogP contribution in [-0.4, -0.2) is 36.6 Å². The highest BCUT2D eigenvalue weighted by Gasteiger charge is 2.19. The van der Waals surface area contributed by atoms with E-state index in [4.69, 9.17) is 16.3 Å². The molecule has 1 aromatic heterocycles. The fraction of sp³-hybridized carbons (Fsp3) is 0.333. The minimum absolute atomic E-state index is 0.0779. The third kappa shape index (κ3) is 4.69. The van der Waals surface area contributed by atoms with Gasteiger partial charge in [0, 0.05) is 38.1 Å². The average Bonchev–Trinajstić information content (AvgIpc) is 2.61. The van der Waals surface area contributed by atoms with Gasteiger partial charge in [-0.3, -0.25) is 4.98 Å². The first-order valence-electron chi connectivity index (χ1n) is 7.71. The summed E-state index contributed by atoms with van der Waals surface area (Å²) in [5.41, 5.74) is 1.90. The molecule has 5 nitrogen and oxygen atoms in total. The van der Waals surface area contributed by atoms with E-state index in [1.807, 2.05) is 37.3 Å². The van der Waals surface area contributed by atoms with Gasteiger partial charge in [0.05, 0.1) is 12.1 Å². The standard InChI is InChI=1S/C18H22ClN3O2/c1-13(15-7-5-9-20-11-15)22(2)18(23)21-12-17(24-3)14-6-4-8-16(19)10-14/h4-11,13,17H,12H2,1-3H3,(H,21,23)/t13-,17+/m1/s1. The number of benzene rings is 1. The topological polar surface area (TPSA) is 54.5 Å². The van der Waals surface area contributed by atoms with E-state index < -0.39 is 0 Å². The molecule has 0 bridgehead atoms. The molecule has 128 valence electrons. The molecule has 2 aromatic rings. The quantitative estimate of drug-likeness (QED) is 0.864. The first-order valence-corrected chi connectivity index (χ1v) is 8.09. The zero-order valence-electron chi connectivity index (χ0n) is 14.1. The van der Waals surface area contributed by atoms with Gasteiger partial charge in [0.2, 0.25) is 0 Å². The molecule has 2 rings (SSSR count). The average molecular weight is 348 g/mol. The van der Waals surface area contributed by atoms with Crippen LogP contribution in [0.2, 0.25) is 5.02 Å². The number of ether oxygens (including phenoxy) is 1. The van der Waals surface area contributed by atoms with Crippen LogP contribution in [0.25, 0.3) is 0 Å². The lowest BCUT2D eigenvalue weighted by atomic mass is 10.1. The second kappa shape index (κ2) is 8.66. The van der Waals surface area contributed by atoms with Crippen molar-refractivity contribution in [2.45, 2.75) is 19.1 Å². The smallest absolute Gasteiger partial charge is 0.317 e. The highest BCUT2D eigenvalue weighted by Crippen LogP contribution is 2.21. The lowest BCUT2D eigenvalue weighted by Gasteiger charge is -2.26. The van der Waals surface area contributed by atoms with Gasteiger partial charge in [0.1, 0.15) is 0 Å². The molecule has 0 saturated heterocycles. The van der Waals surface area contributed by atoms with Crippen molar-refractivity contribution in [1.82, 2.24) is 15.2 Å². The second-order valence-electron chi connectivity index (χ2n) is 5.54. The maximum Gasteiger partial charge on any atom is 0.317 e. The van der Waals surface area contributed by atoms with Gasteiger partial charge in [0.15, 0.2) is 0 Å². The van der Waals surface area contributed by atoms with Crippen LogP contribution in [0.5, 0.6) is 0 Å². The molecular formula is C18H22ClN3O2. The predicted molar refractivity (Wildman–Crippen MR) is 95.0 cm³/mol. The summed E-state index contributed by atoms with van der Waals surface area (Å²) in [6.07, 6.45) is 3.22. The number of pyridine rings is 1. The number of urea groups is 1. The molecule has 24 heavy (non-hydrogen) atoms. The fourth-order valence-corrected chi connectivity index (χ4v) is 2.57. The van der Waals surface area contributed by atoms with Gasteiger partial charge in [-0.1, -0.05) is 29.8 Å². The molecule has 2 amide bonds. The number of carbonyl (C=O) groups is 1. The molecule has 0 fully saturated rings. The second-order valence-corrected chi connectivity index (χ2v) is 5.98. The summed E-state index contributed by atoms with van der Waals surface area (Å²) in [5.74, 6) is 0. The maximum absolute atomic E-state index is 12.4. The number of methoxy groups -OCH3 is 1. The van der Waals surface area contributed by atoms with Crippen LogP contribution >= 0.6 is 11.6 Å². The molecule has 1 aromatic carbocycles. The zero-order chi connectivity index (χ0) is 17.5. The van der Waals surface area contributed by atoms with Crippen molar-refractivity contribution in [3.05, 3.63) is 64.9 Å². The molecule has 0 radical (unpaired) electrons. The van der Waals surface area contributed by atoms with Crippen molar-refractivity contribution in [2.24, 2.45) is 0 Å². The Balaban J connectivity index is 1.96. The van der Waals surface area contributed by atoms with Gasteiger partial charge in [-0.2, -0.15) is 0 Å². The van der Waals surface area contributed by atoms with E-state index in [0.29, 0.717) is 11.6 Å². The van der Waals surface area contributed by atoms with E-state index in [2.05, 4.69) is 10.3 Å². The van der Waals surface area contributed by atoms with Crippen LogP contribution in [0, 0.1) is 0 Å². The maximum atomic E-state index is 12.4. The molecule has 6 heteroatoms. The monoisotopic (exact) mass is 347 g/mol. The normalized spacial score (nSPS) is 13.2. The number of nitrogens with zero attached hydrogens (tertiary/aromatic N) is 2. The van der Waals surface area contributed by atoms with E-state index >= 15 is 0 Å². The Morgan fingerprint density at radius 1 is 1.33 bits per heavy atom. The third-order valence-corrected chi connectivity index (χ3v) is 4.25. The number of hydrogen-bond acceptors (Lipinski definition) is 3. The number of nitrogens with one attached hydrogen (secondary N) is 1. The van der Waals surface area contributed by atoms with Gasteiger partial charge in [-0.15, -0.1) is 0 Å². The fourth-order valence-electron chi connectivity index (χ4n) is 2.37. The van der Waals surface area contributed by atoms with Crippen LogP contribution in [0.3, 0.4) is 0 Å². The predicted octanol–water partition coefficient (Wildman–Crippen LogP) is 3.83. The van der Waals surface area contributed by atoms with Gasteiger partial charge >= 0.3 is 6.03 Å². The van der Waals surface area contributed by atoms with Crippen LogP contribution in [0.1, 0.15) is 30.2 Å². The molecule has 0 saturated carbocycles. The first-order chi connectivity index (χ1) is 11.5. The van der Waals surface area contributed by atoms with Crippen molar-refractivity contribution in [2.75, 3.05) is 20.7 Å². The van der Waals surface area contributed by atoms with Crippen molar-refractivity contribution < 1.29 is 9.53 Å². The van der Waals surface area contributed by atoms with E-state index in [9.17, 15) is 4.79 Å². The molecule has 0 aliphatic carbocycles. The largest absolute Gasteiger partial charge is 0.375 e. The third-order valence-electron chi connectivity index (χ3n) is 4.01. The molecule has 0 aliphatic rings. The molecule has 0 unspecified atom stereocenters. The lowest BCUT2D eigenvalue weighted by molar-refractivity contribution is 0.101. The van der Waals surface area contributed by atoms with Gasteiger partial charge in [-0.25, -0.2) is 4.79 Å². The molecule has 1 N–H and O–H groups in total. The number of hydrogen-bond donors (Lipinski definition) is 1. The summed E-state index contributed by atoms with van der Waals surface area (Å²) in [5, 5.41) is 3.54. The van der Waals surface area contributed by atoms with E-state index in [0.717, 1.165) is 11.1 Å². The summed E-state index contributed by atoms with van der Waals surface area (Å²) >= 11 is 6.01. The number of amides is 2. The van der Waals surface area contributed by atoms with E-state index in [1.54, 1.807) is 37.5 Å².